The van der Waals surface area contributed by atoms with E-state index in [0.717, 1.165) is 25.7 Å². The number of carbonyl (C=O) groups is 3. The summed E-state index contributed by atoms with van der Waals surface area (Å²) < 4.78 is 5.16. The number of ether oxygens (including phenoxy) is 1. The molecule has 6 nitrogen and oxygen atoms in total. The normalized spacial score (nSPS) is 18.4. The Morgan fingerprint density at radius 1 is 1.35 bits per heavy atom. The zero-order valence-electron chi connectivity index (χ0n) is 12.0. The molecule has 20 heavy (non-hydrogen) atoms. The third-order valence-electron chi connectivity index (χ3n) is 3.39. The number of esters is 1. The Labute approximate surface area is 119 Å². The van der Waals surface area contributed by atoms with Crippen molar-refractivity contribution in [2.75, 3.05) is 19.7 Å². The van der Waals surface area contributed by atoms with E-state index in [-0.39, 0.29) is 37.8 Å². The Hall–Kier alpha value is -1.59. The molecule has 1 atom stereocenters. The van der Waals surface area contributed by atoms with Crippen LogP contribution in [0, 0.1) is 5.92 Å². The van der Waals surface area contributed by atoms with Gasteiger partial charge in [0, 0.05) is 19.5 Å². The molecule has 1 unspecified atom stereocenters. The maximum atomic E-state index is 11.8. The topological polar surface area (TPSA) is 83.9 Å². The summed E-state index contributed by atoms with van der Waals surface area (Å²) >= 11 is 0. The predicted molar refractivity (Wildman–Crippen MR) is 72.0 cm³/mol. The molecule has 1 rings (SSSR count). The van der Waals surface area contributed by atoms with Crippen molar-refractivity contribution in [2.45, 2.75) is 45.4 Å². The quantitative estimate of drug-likeness (QED) is 0.512. The van der Waals surface area contributed by atoms with Crippen molar-refractivity contribution in [1.29, 1.82) is 0 Å². The van der Waals surface area contributed by atoms with Crippen LogP contribution in [-0.2, 0) is 19.1 Å². The van der Waals surface area contributed by atoms with Crippen LogP contribution in [0.4, 0.5) is 0 Å². The van der Waals surface area contributed by atoms with E-state index in [2.05, 4.69) is 6.92 Å². The summed E-state index contributed by atoms with van der Waals surface area (Å²) in [6.07, 6.45) is 4.19. The molecular weight excluding hydrogens is 262 g/mol. The number of unbranched alkanes of at least 4 members (excludes halogenated alkanes) is 3. The van der Waals surface area contributed by atoms with E-state index in [9.17, 15) is 14.4 Å². The highest BCUT2D eigenvalue weighted by atomic mass is 16.5. The van der Waals surface area contributed by atoms with Crippen molar-refractivity contribution in [3.8, 4) is 0 Å². The van der Waals surface area contributed by atoms with Gasteiger partial charge in [-0.1, -0.05) is 26.2 Å². The van der Waals surface area contributed by atoms with E-state index >= 15 is 0 Å². The molecule has 1 saturated heterocycles. The van der Waals surface area contributed by atoms with Crippen molar-refractivity contribution in [1.82, 2.24) is 4.90 Å². The van der Waals surface area contributed by atoms with Gasteiger partial charge >= 0.3 is 11.9 Å². The second kappa shape index (κ2) is 8.55. The molecule has 0 radical (unpaired) electrons. The number of aliphatic carboxylic acids is 1. The Bertz CT molecular complexity index is 355. The number of rotatable bonds is 9. The van der Waals surface area contributed by atoms with Crippen molar-refractivity contribution >= 4 is 17.8 Å². The summed E-state index contributed by atoms with van der Waals surface area (Å²) in [5.74, 6) is -1.89. The van der Waals surface area contributed by atoms with Gasteiger partial charge < -0.3 is 14.7 Å². The van der Waals surface area contributed by atoms with E-state index in [4.69, 9.17) is 9.84 Å². The number of carboxylic acid groups (broad SMARTS) is 1. The average Bonchev–Trinajstić information content (AvgIpc) is 2.77. The number of amides is 1. The lowest BCUT2D eigenvalue weighted by Crippen LogP contribution is -2.29. The van der Waals surface area contributed by atoms with Crippen LogP contribution >= 0.6 is 0 Å². The van der Waals surface area contributed by atoms with Gasteiger partial charge in [-0.15, -0.1) is 0 Å². The number of carbonyl (C=O) groups excluding carboxylic acids is 2. The SMILES string of the molecule is CCCCCCOC(=O)C1CC(=O)N(CCC(=O)O)C1. The van der Waals surface area contributed by atoms with Crippen LogP contribution in [0.3, 0.4) is 0 Å². The van der Waals surface area contributed by atoms with Crippen LogP contribution < -0.4 is 0 Å². The molecule has 0 aromatic heterocycles. The molecule has 1 N–H and O–H groups in total. The Morgan fingerprint density at radius 2 is 2.10 bits per heavy atom. The maximum Gasteiger partial charge on any atom is 0.311 e. The predicted octanol–water partition coefficient (Wildman–Crippen LogP) is 1.43. The van der Waals surface area contributed by atoms with Crippen LogP contribution in [-0.4, -0.2) is 47.5 Å². The van der Waals surface area contributed by atoms with Gasteiger partial charge in [0.05, 0.1) is 18.9 Å². The van der Waals surface area contributed by atoms with Gasteiger partial charge in [0.1, 0.15) is 0 Å². The van der Waals surface area contributed by atoms with E-state index in [1.807, 2.05) is 0 Å². The molecule has 0 saturated carbocycles. The molecule has 0 aliphatic carbocycles. The zero-order valence-corrected chi connectivity index (χ0v) is 12.0. The van der Waals surface area contributed by atoms with E-state index in [0.29, 0.717) is 6.61 Å². The van der Waals surface area contributed by atoms with Gasteiger partial charge in [0.25, 0.3) is 0 Å². The smallest absolute Gasteiger partial charge is 0.311 e. The number of hydrogen-bond acceptors (Lipinski definition) is 4. The van der Waals surface area contributed by atoms with Crippen LogP contribution in [0.5, 0.6) is 0 Å². The minimum Gasteiger partial charge on any atom is -0.481 e. The molecule has 1 heterocycles. The lowest BCUT2D eigenvalue weighted by atomic mass is 10.1. The minimum absolute atomic E-state index is 0.0927. The summed E-state index contributed by atoms with van der Waals surface area (Å²) in [6.45, 7) is 2.95. The van der Waals surface area contributed by atoms with E-state index in [1.54, 1.807) is 0 Å². The molecule has 1 fully saturated rings. The fourth-order valence-electron chi connectivity index (χ4n) is 2.20. The highest BCUT2D eigenvalue weighted by molar-refractivity contribution is 5.87. The molecule has 6 heteroatoms. The van der Waals surface area contributed by atoms with Gasteiger partial charge in [-0.05, 0) is 6.42 Å². The monoisotopic (exact) mass is 285 g/mol. The van der Waals surface area contributed by atoms with Gasteiger partial charge in [-0.2, -0.15) is 0 Å². The van der Waals surface area contributed by atoms with Crippen molar-refractivity contribution in [3.63, 3.8) is 0 Å². The summed E-state index contributed by atoms with van der Waals surface area (Å²) in [6, 6.07) is 0. The largest absolute Gasteiger partial charge is 0.481 e. The van der Waals surface area contributed by atoms with E-state index in [1.165, 1.54) is 4.90 Å². The average molecular weight is 285 g/mol. The molecular formula is C14H23NO5. The summed E-state index contributed by atoms with van der Waals surface area (Å²) in [4.78, 5) is 35.3. The highest BCUT2D eigenvalue weighted by Gasteiger charge is 2.35. The van der Waals surface area contributed by atoms with Crippen molar-refractivity contribution in [3.05, 3.63) is 0 Å². The Kier molecular flexibility index (Phi) is 7.04. The third kappa shape index (κ3) is 5.59. The standard InChI is InChI=1S/C14H23NO5/c1-2-3-4-5-8-20-14(19)11-9-12(16)15(10-11)7-6-13(17)18/h11H,2-10H2,1H3,(H,17,18). The number of carboxylic acids is 1. The lowest BCUT2D eigenvalue weighted by Gasteiger charge is -2.14. The molecule has 0 aromatic carbocycles. The first-order valence-corrected chi connectivity index (χ1v) is 7.20. The zero-order chi connectivity index (χ0) is 15.0. The molecule has 114 valence electrons. The van der Waals surface area contributed by atoms with Crippen molar-refractivity contribution in [2.24, 2.45) is 5.92 Å². The number of likely N-dealkylation sites (tertiary alicyclic amines) is 1. The first kappa shape index (κ1) is 16.5. The third-order valence-corrected chi connectivity index (χ3v) is 3.39. The fourth-order valence-corrected chi connectivity index (χ4v) is 2.20. The summed E-state index contributed by atoms with van der Waals surface area (Å²) in [5.41, 5.74) is 0. The lowest BCUT2D eigenvalue weighted by molar-refractivity contribution is -0.148. The van der Waals surface area contributed by atoms with Crippen LogP contribution in [0.25, 0.3) is 0 Å². The van der Waals surface area contributed by atoms with Crippen LogP contribution in [0.1, 0.15) is 45.4 Å². The van der Waals surface area contributed by atoms with Gasteiger partial charge in [-0.3, -0.25) is 14.4 Å². The summed E-state index contributed by atoms with van der Waals surface area (Å²) in [7, 11) is 0. The van der Waals surface area contributed by atoms with Crippen LogP contribution in [0.15, 0.2) is 0 Å². The van der Waals surface area contributed by atoms with E-state index < -0.39 is 11.9 Å². The Balaban J connectivity index is 2.25. The maximum absolute atomic E-state index is 11.8. The molecule has 1 aliphatic heterocycles. The molecule has 1 aliphatic rings. The molecule has 0 bridgehead atoms. The second-order valence-corrected chi connectivity index (χ2v) is 5.11. The van der Waals surface area contributed by atoms with Gasteiger partial charge in [0.2, 0.25) is 5.91 Å². The minimum atomic E-state index is -0.945. The van der Waals surface area contributed by atoms with Gasteiger partial charge in [0.15, 0.2) is 0 Å². The Morgan fingerprint density at radius 3 is 2.75 bits per heavy atom. The number of hydrogen-bond donors (Lipinski definition) is 1. The van der Waals surface area contributed by atoms with Crippen molar-refractivity contribution < 1.29 is 24.2 Å². The fraction of sp³-hybridized carbons (Fsp3) is 0.786. The number of nitrogens with zero attached hydrogens (tertiary/aromatic N) is 1. The second-order valence-electron chi connectivity index (χ2n) is 5.11. The summed E-state index contributed by atoms with van der Waals surface area (Å²) in [5, 5.41) is 8.59. The van der Waals surface area contributed by atoms with Gasteiger partial charge in [-0.25, -0.2) is 0 Å². The first-order valence-electron chi connectivity index (χ1n) is 7.20. The highest BCUT2D eigenvalue weighted by Crippen LogP contribution is 2.19. The molecule has 0 aromatic rings. The molecule has 1 amide bonds. The van der Waals surface area contributed by atoms with Crippen LogP contribution in [0.2, 0.25) is 0 Å². The molecule has 0 spiro atoms. The first-order chi connectivity index (χ1) is 9.54.